The summed E-state index contributed by atoms with van der Waals surface area (Å²) in [5, 5.41) is 7.27. The van der Waals surface area contributed by atoms with Crippen molar-refractivity contribution in [2.24, 2.45) is 0 Å². The van der Waals surface area contributed by atoms with Crippen LogP contribution in [-0.4, -0.2) is 62.1 Å². The van der Waals surface area contributed by atoms with Crippen molar-refractivity contribution in [1.29, 1.82) is 0 Å². The van der Waals surface area contributed by atoms with E-state index in [1.54, 1.807) is 0 Å². The minimum Gasteiger partial charge on any atom is -0.373 e. The molecule has 3 unspecified atom stereocenters. The Labute approximate surface area is 164 Å². The van der Waals surface area contributed by atoms with Gasteiger partial charge in [0, 0.05) is 31.4 Å². The first kappa shape index (κ1) is 21.8. The zero-order valence-corrected chi connectivity index (χ0v) is 17.4. The molecule has 1 aromatic heterocycles. The maximum absolute atomic E-state index is 12.5. The van der Waals surface area contributed by atoms with Crippen LogP contribution in [0.15, 0.2) is 17.5 Å². The van der Waals surface area contributed by atoms with Crippen LogP contribution in [0.3, 0.4) is 0 Å². The van der Waals surface area contributed by atoms with Crippen LogP contribution in [-0.2, 0) is 24.3 Å². The fourth-order valence-corrected chi connectivity index (χ4v) is 5.29. The van der Waals surface area contributed by atoms with Gasteiger partial charge in [-0.15, -0.1) is 11.3 Å². The summed E-state index contributed by atoms with van der Waals surface area (Å²) in [5.74, 6) is -0.692. The molecule has 1 aliphatic rings. The summed E-state index contributed by atoms with van der Waals surface area (Å²) in [4.78, 5) is 24.5. The van der Waals surface area contributed by atoms with Gasteiger partial charge in [0.05, 0.1) is 30.4 Å². The second-order valence-corrected chi connectivity index (χ2v) is 9.78. The number of nitrogens with one attached hydrogen (secondary N) is 2. The van der Waals surface area contributed by atoms with Crippen LogP contribution in [0.5, 0.6) is 0 Å². The van der Waals surface area contributed by atoms with Crippen LogP contribution in [0.25, 0.3) is 0 Å². The molecule has 0 radical (unpaired) electrons. The summed E-state index contributed by atoms with van der Waals surface area (Å²) in [7, 11) is -3.46. The van der Waals surface area contributed by atoms with Crippen molar-refractivity contribution in [3.8, 4) is 0 Å². The van der Waals surface area contributed by atoms with E-state index in [2.05, 4.69) is 10.6 Å². The number of hydrogen-bond donors (Lipinski definition) is 2. The second-order valence-electron chi connectivity index (χ2n) is 6.71. The zero-order valence-electron chi connectivity index (χ0n) is 15.8. The predicted molar refractivity (Wildman–Crippen MR) is 104 cm³/mol. The molecule has 0 saturated carbocycles. The monoisotopic (exact) mass is 417 g/mol. The van der Waals surface area contributed by atoms with Crippen molar-refractivity contribution in [3.63, 3.8) is 0 Å². The Morgan fingerprint density at radius 3 is 2.56 bits per heavy atom. The highest BCUT2D eigenvalue weighted by atomic mass is 32.2. The first-order valence-corrected chi connectivity index (χ1v) is 11.4. The average Bonchev–Trinajstić information content (AvgIpc) is 3.07. The van der Waals surface area contributed by atoms with Crippen molar-refractivity contribution in [1.82, 2.24) is 14.9 Å². The molecule has 1 fully saturated rings. The van der Waals surface area contributed by atoms with Crippen LogP contribution in [0.1, 0.15) is 38.1 Å². The van der Waals surface area contributed by atoms with E-state index >= 15 is 0 Å². The SMILES string of the molecule is CC(=O)NC(CC(=O)NCCS(=O)(=O)N1CC(C)OC(C)C1)c1cccs1. The summed E-state index contributed by atoms with van der Waals surface area (Å²) >= 11 is 1.45. The molecule has 1 saturated heterocycles. The third-order valence-electron chi connectivity index (χ3n) is 4.12. The quantitative estimate of drug-likeness (QED) is 0.653. The number of carbonyl (C=O) groups excluding carboxylic acids is 2. The maximum atomic E-state index is 12.5. The van der Waals surface area contributed by atoms with Crippen LogP contribution in [0, 0.1) is 0 Å². The Bertz CT molecular complexity index is 726. The molecule has 0 aliphatic carbocycles. The first-order valence-electron chi connectivity index (χ1n) is 8.88. The molecule has 0 bridgehead atoms. The first-order chi connectivity index (χ1) is 12.7. The van der Waals surface area contributed by atoms with E-state index in [9.17, 15) is 18.0 Å². The number of rotatable bonds is 8. The fraction of sp³-hybridized carbons (Fsp3) is 0.647. The third kappa shape index (κ3) is 6.87. The van der Waals surface area contributed by atoms with Crippen LogP contribution < -0.4 is 10.6 Å². The molecular weight excluding hydrogens is 390 g/mol. The summed E-state index contributed by atoms with van der Waals surface area (Å²) in [6.45, 7) is 5.75. The highest BCUT2D eigenvalue weighted by Crippen LogP contribution is 2.22. The maximum Gasteiger partial charge on any atom is 0.222 e. The van der Waals surface area contributed by atoms with Gasteiger partial charge in [0.15, 0.2) is 0 Å². The van der Waals surface area contributed by atoms with E-state index in [1.165, 1.54) is 22.6 Å². The Morgan fingerprint density at radius 2 is 2.00 bits per heavy atom. The van der Waals surface area contributed by atoms with E-state index in [0.29, 0.717) is 13.1 Å². The molecule has 27 heavy (non-hydrogen) atoms. The second kappa shape index (κ2) is 9.63. The lowest BCUT2D eigenvalue weighted by molar-refractivity contribution is -0.122. The molecule has 2 rings (SSSR count). The van der Waals surface area contributed by atoms with Gasteiger partial charge in [-0.2, -0.15) is 4.31 Å². The molecule has 2 N–H and O–H groups in total. The average molecular weight is 418 g/mol. The van der Waals surface area contributed by atoms with Gasteiger partial charge >= 0.3 is 0 Å². The smallest absolute Gasteiger partial charge is 0.222 e. The molecule has 1 aromatic rings. The molecule has 1 aliphatic heterocycles. The van der Waals surface area contributed by atoms with Crippen molar-refractivity contribution >= 4 is 33.2 Å². The van der Waals surface area contributed by atoms with Gasteiger partial charge in [0.2, 0.25) is 21.8 Å². The van der Waals surface area contributed by atoms with Crippen molar-refractivity contribution in [3.05, 3.63) is 22.4 Å². The van der Waals surface area contributed by atoms with Crippen molar-refractivity contribution in [2.75, 3.05) is 25.4 Å². The molecule has 152 valence electrons. The topological polar surface area (TPSA) is 105 Å². The van der Waals surface area contributed by atoms with Gasteiger partial charge in [0.1, 0.15) is 0 Å². The Kier molecular flexibility index (Phi) is 7.78. The number of carbonyl (C=O) groups is 2. The number of amides is 2. The van der Waals surface area contributed by atoms with E-state index in [-0.39, 0.29) is 42.7 Å². The van der Waals surface area contributed by atoms with Gasteiger partial charge in [-0.1, -0.05) is 6.07 Å². The standard InChI is InChI=1S/C17H27N3O5S2/c1-12-10-20(11-13(2)25-12)27(23,24)8-6-18-17(22)9-15(19-14(3)21)16-5-4-7-26-16/h4-5,7,12-13,15H,6,8-11H2,1-3H3,(H,18,22)(H,19,21). The third-order valence-corrected chi connectivity index (χ3v) is 6.91. The zero-order chi connectivity index (χ0) is 20.0. The molecular formula is C17H27N3O5S2. The van der Waals surface area contributed by atoms with Crippen LogP contribution in [0.4, 0.5) is 0 Å². The highest BCUT2D eigenvalue weighted by molar-refractivity contribution is 7.89. The Morgan fingerprint density at radius 1 is 1.33 bits per heavy atom. The van der Waals surface area contributed by atoms with Crippen molar-refractivity contribution in [2.45, 2.75) is 45.4 Å². The van der Waals surface area contributed by atoms with Gasteiger partial charge < -0.3 is 15.4 Å². The number of thiophene rings is 1. The number of sulfonamides is 1. The Hall–Kier alpha value is -1.49. The molecule has 8 nitrogen and oxygen atoms in total. The molecule has 3 atom stereocenters. The summed E-state index contributed by atoms with van der Waals surface area (Å²) in [6, 6.07) is 3.29. The summed E-state index contributed by atoms with van der Waals surface area (Å²) in [6.07, 6.45) is -0.240. The van der Waals surface area contributed by atoms with E-state index in [4.69, 9.17) is 4.74 Å². The van der Waals surface area contributed by atoms with Crippen LogP contribution >= 0.6 is 11.3 Å². The summed E-state index contributed by atoms with van der Waals surface area (Å²) in [5.41, 5.74) is 0. The number of morpholine rings is 1. The van der Waals surface area contributed by atoms with Gasteiger partial charge in [0.25, 0.3) is 0 Å². The molecule has 0 spiro atoms. The normalized spacial score (nSPS) is 22.2. The minimum atomic E-state index is -3.46. The van der Waals surface area contributed by atoms with E-state index in [0.717, 1.165) is 4.88 Å². The lowest BCUT2D eigenvalue weighted by Gasteiger charge is -2.34. The Balaban J connectivity index is 1.84. The summed E-state index contributed by atoms with van der Waals surface area (Å²) < 4.78 is 31.9. The van der Waals surface area contributed by atoms with Crippen molar-refractivity contribution < 1.29 is 22.7 Å². The highest BCUT2D eigenvalue weighted by Gasteiger charge is 2.30. The molecule has 0 aromatic carbocycles. The molecule has 10 heteroatoms. The minimum absolute atomic E-state index is 0.0263. The lowest BCUT2D eigenvalue weighted by Crippen LogP contribution is -2.49. The van der Waals surface area contributed by atoms with E-state index in [1.807, 2.05) is 31.4 Å². The largest absolute Gasteiger partial charge is 0.373 e. The fourth-order valence-electron chi connectivity index (χ4n) is 3.02. The van der Waals surface area contributed by atoms with Crippen LogP contribution in [0.2, 0.25) is 0 Å². The number of nitrogens with zero attached hydrogens (tertiary/aromatic N) is 1. The lowest BCUT2D eigenvalue weighted by atomic mass is 10.1. The van der Waals surface area contributed by atoms with Gasteiger partial charge in [-0.3, -0.25) is 9.59 Å². The number of ether oxygens (including phenoxy) is 1. The number of hydrogen-bond acceptors (Lipinski definition) is 6. The van der Waals surface area contributed by atoms with E-state index < -0.39 is 16.1 Å². The van der Waals surface area contributed by atoms with Gasteiger partial charge in [-0.25, -0.2) is 8.42 Å². The van der Waals surface area contributed by atoms with Gasteiger partial charge in [-0.05, 0) is 25.3 Å². The molecule has 2 heterocycles. The predicted octanol–water partition coefficient (Wildman–Crippen LogP) is 0.871. The molecule has 2 amide bonds.